The Morgan fingerprint density at radius 1 is 1.38 bits per heavy atom. The minimum absolute atomic E-state index is 0.420. The van der Waals surface area contributed by atoms with E-state index in [4.69, 9.17) is 5.73 Å². The number of benzene rings is 1. The monoisotopic (exact) mass is 214 g/mol. The lowest BCUT2D eigenvalue weighted by Gasteiger charge is -1.94. The molecule has 4 nitrogen and oxygen atoms in total. The van der Waals surface area contributed by atoms with Gasteiger partial charge in [-0.05, 0) is 12.0 Å². The zero-order chi connectivity index (χ0) is 11.4. The fourth-order valence-corrected chi connectivity index (χ4v) is 1.37. The highest BCUT2D eigenvalue weighted by molar-refractivity contribution is 5.79. The second-order valence-corrected chi connectivity index (χ2v) is 3.44. The van der Waals surface area contributed by atoms with Crippen molar-refractivity contribution >= 4 is 12.2 Å². The highest BCUT2D eigenvalue weighted by Gasteiger charge is 2.00. The van der Waals surface area contributed by atoms with Crippen LogP contribution in [0.25, 0.3) is 0 Å². The molecule has 0 spiro atoms. The Morgan fingerprint density at radius 2 is 2.12 bits per heavy atom. The van der Waals surface area contributed by atoms with Crippen LogP contribution in [-0.2, 0) is 6.42 Å². The Labute approximate surface area is 94.4 Å². The van der Waals surface area contributed by atoms with Crippen molar-refractivity contribution in [2.75, 3.05) is 5.73 Å². The molecular weight excluding hydrogens is 200 g/mol. The number of hydrogen-bond acceptors (Lipinski definition) is 3. The summed E-state index contributed by atoms with van der Waals surface area (Å²) in [4.78, 5) is 4.17. The minimum Gasteiger partial charge on any atom is -0.368 e. The average Bonchev–Trinajstić information content (AvgIpc) is 2.69. The SMILES string of the molecule is CCc1cn(N=Cc2ccccc2)c(N)n1. The van der Waals surface area contributed by atoms with Crippen LogP contribution < -0.4 is 5.73 Å². The highest BCUT2D eigenvalue weighted by atomic mass is 15.4. The standard InChI is InChI=1S/C12H14N4/c1-2-11-9-16(12(13)15-11)14-8-10-6-4-3-5-7-10/h3-9H,2H2,1H3,(H2,13,15). The molecule has 1 aromatic heterocycles. The van der Waals surface area contributed by atoms with E-state index in [0.29, 0.717) is 5.95 Å². The van der Waals surface area contributed by atoms with Gasteiger partial charge in [-0.3, -0.25) is 0 Å². The molecule has 0 saturated heterocycles. The van der Waals surface area contributed by atoms with E-state index in [-0.39, 0.29) is 0 Å². The molecule has 2 aromatic rings. The van der Waals surface area contributed by atoms with E-state index in [0.717, 1.165) is 17.7 Å². The third kappa shape index (κ3) is 2.28. The maximum absolute atomic E-state index is 5.72. The highest BCUT2D eigenvalue weighted by Crippen LogP contribution is 2.05. The maximum atomic E-state index is 5.72. The van der Waals surface area contributed by atoms with Gasteiger partial charge in [0.05, 0.1) is 18.1 Å². The van der Waals surface area contributed by atoms with Crippen molar-refractivity contribution in [1.29, 1.82) is 0 Å². The van der Waals surface area contributed by atoms with E-state index in [1.54, 1.807) is 10.9 Å². The van der Waals surface area contributed by atoms with Crippen LogP contribution in [0.4, 0.5) is 5.95 Å². The Bertz CT molecular complexity index is 485. The first-order valence-corrected chi connectivity index (χ1v) is 5.22. The van der Waals surface area contributed by atoms with Crippen LogP contribution in [0.1, 0.15) is 18.2 Å². The molecule has 1 heterocycles. The van der Waals surface area contributed by atoms with Crippen molar-refractivity contribution in [3.8, 4) is 0 Å². The van der Waals surface area contributed by atoms with Crippen molar-refractivity contribution in [2.45, 2.75) is 13.3 Å². The fraction of sp³-hybridized carbons (Fsp3) is 0.167. The molecule has 0 atom stereocenters. The van der Waals surface area contributed by atoms with Gasteiger partial charge in [0.15, 0.2) is 0 Å². The van der Waals surface area contributed by atoms with Gasteiger partial charge in [0, 0.05) is 0 Å². The predicted molar refractivity (Wildman–Crippen MR) is 65.5 cm³/mol. The summed E-state index contributed by atoms with van der Waals surface area (Å²) >= 11 is 0. The van der Waals surface area contributed by atoms with Crippen LogP contribution in [0, 0.1) is 0 Å². The lowest BCUT2D eigenvalue weighted by atomic mass is 10.2. The van der Waals surface area contributed by atoms with Crippen LogP contribution >= 0.6 is 0 Å². The van der Waals surface area contributed by atoms with E-state index in [1.165, 1.54) is 0 Å². The number of anilines is 1. The predicted octanol–water partition coefficient (Wildman–Crippen LogP) is 1.91. The van der Waals surface area contributed by atoms with Gasteiger partial charge in [0.25, 0.3) is 0 Å². The summed E-state index contributed by atoms with van der Waals surface area (Å²) in [7, 11) is 0. The quantitative estimate of drug-likeness (QED) is 0.793. The summed E-state index contributed by atoms with van der Waals surface area (Å²) in [6, 6.07) is 9.87. The summed E-state index contributed by atoms with van der Waals surface area (Å²) in [5.74, 6) is 0.420. The summed E-state index contributed by atoms with van der Waals surface area (Å²) in [6.45, 7) is 2.03. The van der Waals surface area contributed by atoms with Gasteiger partial charge in [-0.1, -0.05) is 37.3 Å². The minimum atomic E-state index is 0.420. The van der Waals surface area contributed by atoms with Crippen molar-refractivity contribution < 1.29 is 0 Å². The third-order valence-electron chi connectivity index (χ3n) is 2.26. The number of nitrogen functional groups attached to an aromatic ring is 1. The molecule has 0 bridgehead atoms. The van der Waals surface area contributed by atoms with E-state index in [2.05, 4.69) is 10.1 Å². The number of nitrogens with zero attached hydrogens (tertiary/aromatic N) is 3. The van der Waals surface area contributed by atoms with E-state index in [1.807, 2.05) is 43.5 Å². The van der Waals surface area contributed by atoms with Crippen LogP contribution in [0.3, 0.4) is 0 Å². The number of aryl methyl sites for hydroxylation is 1. The Hall–Kier alpha value is -2.10. The molecule has 0 amide bonds. The largest absolute Gasteiger partial charge is 0.368 e. The fourth-order valence-electron chi connectivity index (χ4n) is 1.37. The number of hydrogen-bond donors (Lipinski definition) is 1. The second-order valence-electron chi connectivity index (χ2n) is 3.44. The van der Waals surface area contributed by atoms with Gasteiger partial charge < -0.3 is 5.73 Å². The third-order valence-corrected chi connectivity index (χ3v) is 2.26. The van der Waals surface area contributed by atoms with Crippen molar-refractivity contribution in [3.05, 3.63) is 47.8 Å². The van der Waals surface area contributed by atoms with Gasteiger partial charge in [-0.25, -0.2) is 9.66 Å². The smallest absolute Gasteiger partial charge is 0.221 e. The molecular formula is C12H14N4. The maximum Gasteiger partial charge on any atom is 0.221 e. The first kappa shape index (κ1) is 10.4. The summed E-state index contributed by atoms with van der Waals surface area (Å²) in [6.07, 6.45) is 4.46. The lowest BCUT2D eigenvalue weighted by Crippen LogP contribution is -1.96. The molecule has 0 saturated carbocycles. The number of imidazole rings is 1. The van der Waals surface area contributed by atoms with Gasteiger partial charge >= 0.3 is 0 Å². The zero-order valence-corrected chi connectivity index (χ0v) is 9.17. The van der Waals surface area contributed by atoms with Crippen LogP contribution in [0.15, 0.2) is 41.6 Å². The van der Waals surface area contributed by atoms with Gasteiger partial charge in [-0.2, -0.15) is 5.10 Å². The number of rotatable bonds is 3. The summed E-state index contributed by atoms with van der Waals surface area (Å²) < 4.78 is 1.59. The summed E-state index contributed by atoms with van der Waals surface area (Å²) in [5.41, 5.74) is 7.70. The van der Waals surface area contributed by atoms with Crippen LogP contribution in [-0.4, -0.2) is 15.9 Å². The topological polar surface area (TPSA) is 56.2 Å². The first-order chi connectivity index (χ1) is 7.79. The molecule has 0 aliphatic rings. The molecule has 1 aromatic carbocycles. The van der Waals surface area contributed by atoms with Crippen molar-refractivity contribution in [1.82, 2.24) is 9.66 Å². The lowest BCUT2D eigenvalue weighted by molar-refractivity contribution is 0.895. The Balaban J connectivity index is 2.20. The van der Waals surface area contributed by atoms with Crippen LogP contribution in [0.2, 0.25) is 0 Å². The summed E-state index contributed by atoms with van der Waals surface area (Å²) in [5, 5.41) is 4.25. The molecule has 0 aliphatic carbocycles. The van der Waals surface area contributed by atoms with Crippen molar-refractivity contribution in [2.24, 2.45) is 5.10 Å². The molecule has 4 heteroatoms. The van der Waals surface area contributed by atoms with Gasteiger partial charge in [0.1, 0.15) is 0 Å². The molecule has 0 fully saturated rings. The Morgan fingerprint density at radius 3 is 2.75 bits per heavy atom. The Kier molecular flexibility index (Phi) is 3.00. The van der Waals surface area contributed by atoms with Crippen LogP contribution in [0.5, 0.6) is 0 Å². The van der Waals surface area contributed by atoms with E-state index < -0.39 is 0 Å². The molecule has 16 heavy (non-hydrogen) atoms. The van der Waals surface area contributed by atoms with Crippen molar-refractivity contribution in [3.63, 3.8) is 0 Å². The van der Waals surface area contributed by atoms with E-state index >= 15 is 0 Å². The second kappa shape index (κ2) is 4.61. The van der Waals surface area contributed by atoms with Gasteiger partial charge in [0.2, 0.25) is 5.95 Å². The molecule has 82 valence electrons. The number of aromatic nitrogens is 2. The van der Waals surface area contributed by atoms with Gasteiger partial charge in [-0.15, -0.1) is 0 Å². The average molecular weight is 214 g/mol. The number of nitrogens with two attached hydrogens (primary N) is 1. The normalized spacial score (nSPS) is 11.1. The molecule has 0 unspecified atom stereocenters. The first-order valence-electron chi connectivity index (χ1n) is 5.22. The molecule has 0 aliphatic heterocycles. The zero-order valence-electron chi connectivity index (χ0n) is 9.17. The molecule has 2 rings (SSSR count). The molecule has 2 N–H and O–H groups in total. The van der Waals surface area contributed by atoms with E-state index in [9.17, 15) is 0 Å². The molecule has 0 radical (unpaired) electrons.